The van der Waals surface area contributed by atoms with Crippen molar-refractivity contribution in [3.05, 3.63) is 80.7 Å². The lowest BCUT2D eigenvalue weighted by molar-refractivity contribution is -0.137. The molecular formula is C21H20BrF3N2. The summed E-state index contributed by atoms with van der Waals surface area (Å²) in [6, 6.07) is 12.1. The van der Waals surface area contributed by atoms with Gasteiger partial charge in [-0.3, -0.25) is 0 Å². The Hall–Kier alpha value is -2.08. The molecule has 0 radical (unpaired) electrons. The second-order valence-corrected chi connectivity index (χ2v) is 7.71. The van der Waals surface area contributed by atoms with Gasteiger partial charge < -0.3 is 4.57 Å². The number of pyridine rings is 1. The van der Waals surface area contributed by atoms with E-state index in [-0.39, 0.29) is 0 Å². The zero-order valence-electron chi connectivity index (χ0n) is 15.4. The summed E-state index contributed by atoms with van der Waals surface area (Å²) in [7, 11) is 0. The van der Waals surface area contributed by atoms with Crippen LogP contribution in [0.5, 0.6) is 0 Å². The summed E-state index contributed by atoms with van der Waals surface area (Å²) in [5.74, 6) is 0.843. The van der Waals surface area contributed by atoms with E-state index in [9.17, 15) is 13.2 Å². The molecule has 0 bridgehead atoms. The molecule has 0 aliphatic carbocycles. The minimum Gasteiger partial charge on any atom is -0.303 e. The molecule has 6 heteroatoms. The van der Waals surface area contributed by atoms with Crippen molar-refractivity contribution in [2.75, 3.05) is 0 Å². The van der Waals surface area contributed by atoms with Crippen LogP contribution in [0.4, 0.5) is 13.2 Å². The number of rotatable bonds is 4. The normalized spacial score (nSPS) is 11.8. The van der Waals surface area contributed by atoms with Gasteiger partial charge >= 0.3 is 6.18 Å². The molecule has 0 amide bonds. The Balaban J connectivity index is 1.86. The molecule has 2 nitrogen and oxygen atoms in total. The Bertz CT molecular complexity index is 955. The summed E-state index contributed by atoms with van der Waals surface area (Å²) in [5.41, 5.74) is 4.13. The summed E-state index contributed by atoms with van der Waals surface area (Å²) in [4.78, 5) is 4.74. The lowest BCUT2D eigenvalue weighted by Gasteiger charge is -2.13. The number of nitrogens with zero attached hydrogens (tertiary/aromatic N) is 2. The predicted octanol–water partition coefficient (Wildman–Crippen LogP) is 6.36. The zero-order valence-corrected chi connectivity index (χ0v) is 16.9. The molecule has 142 valence electrons. The van der Waals surface area contributed by atoms with Gasteiger partial charge in [-0.25, -0.2) is 4.98 Å². The second kappa shape index (κ2) is 7.50. The van der Waals surface area contributed by atoms with Crippen molar-refractivity contribution in [2.45, 2.75) is 39.8 Å². The highest BCUT2D eigenvalue weighted by Gasteiger charge is 2.31. The van der Waals surface area contributed by atoms with Gasteiger partial charge in [-0.15, -0.1) is 0 Å². The molecule has 0 saturated carbocycles. The number of alkyl halides is 3. The zero-order chi connectivity index (χ0) is 19.8. The van der Waals surface area contributed by atoms with E-state index in [1.807, 2.05) is 45.0 Å². The SMILES string of the molecule is Cc1cc(CCc2cc(Br)cc(C(F)(F)F)c2)nc(-n2c(C)ccc2C)c1. The van der Waals surface area contributed by atoms with Gasteiger partial charge in [0.05, 0.1) is 5.56 Å². The van der Waals surface area contributed by atoms with E-state index in [1.165, 1.54) is 6.07 Å². The van der Waals surface area contributed by atoms with Crippen molar-refractivity contribution < 1.29 is 13.2 Å². The lowest BCUT2D eigenvalue weighted by atomic mass is 10.0. The Morgan fingerprint density at radius 1 is 0.926 bits per heavy atom. The Morgan fingerprint density at radius 2 is 1.59 bits per heavy atom. The molecule has 0 spiro atoms. The molecule has 0 fully saturated rings. The molecule has 3 rings (SSSR count). The fourth-order valence-corrected chi connectivity index (χ4v) is 3.76. The summed E-state index contributed by atoms with van der Waals surface area (Å²) in [6.07, 6.45) is -3.29. The van der Waals surface area contributed by atoms with Gasteiger partial charge in [0.15, 0.2) is 0 Å². The van der Waals surface area contributed by atoms with Crippen LogP contribution in [-0.4, -0.2) is 9.55 Å². The average molecular weight is 437 g/mol. The first-order valence-electron chi connectivity index (χ1n) is 8.63. The van der Waals surface area contributed by atoms with Gasteiger partial charge in [0.2, 0.25) is 0 Å². The molecule has 0 aliphatic rings. The van der Waals surface area contributed by atoms with E-state index in [0.29, 0.717) is 22.9 Å². The number of aryl methyl sites for hydroxylation is 5. The monoisotopic (exact) mass is 436 g/mol. The summed E-state index contributed by atoms with van der Waals surface area (Å²) < 4.78 is 41.6. The summed E-state index contributed by atoms with van der Waals surface area (Å²) in [6.45, 7) is 6.05. The van der Waals surface area contributed by atoms with E-state index in [2.05, 4.69) is 20.5 Å². The summed E-state index contributed by atoms with van der Waals surface area (Å²) >= 11 is 3.18. The number of benzene rings is 1. The average Bonchev–Trinajstić information content (AvgIpc) is 2.90. The van der Waals surface area contributed by atoms with Crippen molar-refractivity contribution in [2.24, 2.45) is 0 Å². The maximum Gasteiger partial charge on any atom is 0.416 e. The van der Waals surface area contributed by atoms with Crippen LogP contribution >= 0.6 is 15.9 Å². The second-order valence-electron chi connectivity index (χ2n) is 6.79. The van der Waals surface area contributed by atoms with Crippen LogP contribution in [0, 0.1) is 20.8 Å². The maximum absolute atomic E-state index is 13.0. The first kappa shape index (κ1) is 19.7. The fourth-order valence-electron chi connectivity index (χ4n) is 3.22. The van der Waals surface area contributed by atoms with E-state index in [1.54, 1.807) is 6.07 Å². The van der Waals surface area contributed by atoms with Crippen LogP contribution in [0.2, 0.25) is 0 Å². The van der Waals surface area contributed by atoms with Gasteiger partial charge in [0.25, 0.3) is 0 Å². The molecular weight excluding hydrogens is 417 g/mol. The van der Waals surface area contributed by atoms with Gasteiger partial charge in [-0.1, -0.05) is 15.9 Å². The molecule has 0 atom stereocenters. The Kier molecular flexibility index (Phi) is 5.47. The number of halogens is 4. The van der Waals surface area contributed by atoms with E-state index in [0.717, 1.165) is 34.5 Å². The third-order valence-electron chi connectivity index (χ3n) is 4.46. The largest absolute Gasteiger partial charge is 0.416 e. The molecule has 0 aliphatic heterocycles. The van der Waals surface area contributed by atoms with Gasteiger partial charge in [0.1, 0.15) is 5.82 Å². The van der Waals surface area contributed by atoms with Crippen LogP contribution in [-0.2, 0) is 19.0 Å². The molecule has 0 unspecified atom stereocenters. The minimum atomic E-state index is -4.35. The smallest absolute Gasteiger partial charge is 0.303 e. The lowest BCUT2D eigenvalue weighted by Crippen LogP contribution is -2.07. The van der Waals surface area contributed by atoms with Crippen LogP contribution in [0.15, 0.2) is 46.9 Å². The van der Waals surface area contributed by atoms with Gasteiger partial charge in [0, 0.05) is 21.6 Å². The van der Waals surface area contributed by atoms with Crippen LogP contribution in [0.3, 0.4) is 0 Å². The fraction of sp³-hybridized carbons (Fsp3) is 0.286. The van der Waals surface area contributed by atoms with Crippen molar-refractivity contribution in [3.63, 3.8) is 0 Å². The van der Waals surface area contributed by atoms with Crippen molar-refractivity contribution >= 4 is 15.9 Å². The van der Waals surface area contributed by atoms with Crippen LogP contribution < -0.4 is 0 Å². The molecule has 2 heterocycles. The van der Waals surface area contributed by atoms with E-state index in [4.69, 9.17) is 4.98 Å². The quantitative estimate of drug-likeness (QED) is 0.464. The molecule has 0 saturated heterocycles. The van der Waals surface area contributed by atoms with E-state index >= 15 is 0 Å². The highest BCUT2D eigenvalue weighted by atomic mass is 79.9. The molecule has 0 N–H and O–H groups in total. The van der Waals surface area contributed by atoms with E-state index < -0.39 is 11.7 Å². The highest BCUT2D eigenvalue weighted by molar-refractivity contribution is 9.10. The number of aromatic nitrogens is 2. The number of hydrogen-bond acceptors (Lipinski definition) is 1. The van der Waals surface area contributed by atoms with Crippen molar-refractivity contribution in [3.8, 4) is 5.82 Å². The predicted molar refractivity (Wildman–Crippen MR) is 104 cm³/mol. The first-order chi connectivity index (χ1) is 12.6. The first-order valence-corrected chi connectivity index (χ1v) is 9.42. The van der Waals surface area contributed by atoms with Crippen molar-refractivity contribution in [1.82, 2.24) is 9.55 Å². The topological polar surface area (TPSA) is 17.8 Å². The maximum atomic E-state index is 13.0. The molecule has 27 heavy (non-hydrogen) atoms. The molecule has 3 aromatic rings. The Labute approximate surface area is 165 Å². The molecule has 1 aromatic carbocycles. The van der Waals surface area contributed by atoms with Gasteiger partial charge in [-0.2, -0.15) is 13.2 Å². The third kappa shape index (κ3) is 4.61. The third-order valence-corrected chi connectivity index (χ3v) is 4.92. The minimum absolute atomic E-state index is 0.434. The highest BCUT2D eigenvalue weighted by Crippen LogP contribution is 2.32. The molecule has 2 aromatic heterocycles. The van der Waals surface area contributed by atoms with Crippen LogP contribution in [0.25, 0.3) is 5.82 Å². The van der Waals surface area contributed by atoms with Crippen LogP contribution in [0.1, 0.15) is 33.8 Å². The summed E-state index contributed by atoms with van der Waals surface area (Å²) in [5, 5.41) is 0. The van der Waals surface area contributed by atoms with Gasteiger partial charge in [-0.05, 0) is 87.2 Å². The standard InChI is InChI=1S/C21H20BrF3N2/c1-13-8-19(26-20(9-13)27-14(2)4-5-15(27)3)7-6-16-10-17(21(23,24)25)12-18(22)11-16/h4-5,8-12H,6-7H2,1-3H3. The number of hydrogen-bond donors (Lipinski definition) is 0. The Morgan fingerprint density at radius 3 is 2.22 bits per heavy atom. The van der Waals surface area contributed by atoms with Crippen molar-refractivity contribution in [1.29, 1.82) is 0 Å².